The Morgan fingerprint density at radius 1 is 1.03 bits per heavy atom. The third-order valence-corrected chi connectivity index (χ3v) is 8.21. The van der Waals surface area contributed by atoms with E-state index >= 15 is 0 Å². The number of rotatable bonds is 4. The van der Waals surface area contributed by atoms with Crippen LogP contribution < -0.4 is 15.4 Å². The van der Waals surface area contributed by atoms with Crippen molar-refractivity contribution in [1.82, 2.24) is 0 Å². The molecule has 3 aromatic rings. The van der Waals surface area contributed by atoms with Gasteiger partial charge in [0.1, 0.15) is 5.75 Å². The van der Waals surface area contributed by atoms with E-state index in [1.807, 2.05) is 6.07 Å². The summed E-state index contributed by atoms with van der Waals surface area (Å²) in [5.41, 5.74) is 5.18. The summed E-state index contributed by atoms with van der Waals surface area (Å²) in [6.07, 6.45) is 3.93. The largest absolute Gasteiger partial charge is 0.495 e. The lowest BCUT2D eigenvalue weighted by Crippen LogP contribution is -2.35. The van der Waals surface area contributed by atoms with Crippen molar-refractivity contribution in [2.75, 3.05) is 17.7 Å². The van der Waals surface area contributed by atoms with Gasteiger partial charge in [-0.05, 0) is 90.5 Å². The fourth-order valence-corrected chi connectivity index (χ4v) is 6.82. The van der Waals surface area contributed by atoms with Crippen LogP contribution in [0.15, 0.2) is 66.7 Å². The van der Waals surface area contributed by atoms with E-state index in [-0.39, 0.29) is 5.91 Å². The number of nitrogens with one attached hydrogen (secondary N) is 2. The maximum atomic E-state index is 13.1. The predicted molar refractivity (Wildman–Crippen MR) is 132 cm³/mol. The molecule has 2 fully saturated rings. The van der Waals surface area contributed by atoms with E-state index < -0.39 is 0 Å². The molecule has 3 aliphatic rings. The zero-order valence-electron chi connectivity index (χ0n) is 18.6. The van der Waals surface area contributed by atoms with E-state index in [4.69, 9.17) is 16.3 Å². The van der Waals surface area contributed by atoms with Crippen LogP contribution in [0.3, 0.4) is 0 Å². The number of hydrogen-bond acceptors (Lipinski definition) is 3. The molecule has 6 rings (SSSR count). The molecular formula is C28H27ClN2O2. The van der Waals surface area contributed by atoms with Crippen molar-refractivity contribution in [1.29, 1.82) is 0 Å². The molecule has 168 valence electrons. The number of halogens is 1. The molecule has 0 spiro atoms. The van der Waals surface area contributed by atoms with Gasteiger partial charge >= 0.3 is 0 Å². The van der Waals surface area contributed by atoms with E-state index in [0.29, 0.717) is 45.8 Å². The van der Waals surface area contributed by atoms with Gasteiger partial charge in [-0.2, -0.15) is 0 Å². The molecule has 33 heavy (non-hydrogen) atoms. The van der Waals surface area contributed by atoms with E-state index in [9.17, 15) is 4.79 Å². The standard InChI is InChI=1S/C28H27ClN2O2/c1-33-24-12-10-20(15-22(24)29)30-28(32)19-9-11-23-21(14-19)25-17-7-8-18(13-17)26(25)27(31-23)16-5-3-2-4-6-16/h2-6,9-12,14-15,17-18,25-27,31H,7-8,13H2,1H3,(H,30,32)/t17-,18-,25-,26+,27-/m0/s1. The first-order chi connectivity index (χ1) is 16.1. The number of hydrogen-bond donors (Lipinski definition) is 2. The maximum absolute atomic E-state index is 13.1. The third-order valence-electron chi connectivity index (χ3n) is 7.92. The molecule has 5 atom stereocenters. The number of amides is 1. The monoisotopic (exact) mass is 458 g/mol. The molecule has 4 nitrogen and oxygen atoms in total. The van der Waals surface area contributed by atoms with Crippen LogP contribution in [-0.4, -0.2) is 13.0 Å². The predicted octanol–water partition coefficient (Wildman–Crippen LogP) is 6.90. The fourth-order valence-electron chi connectivity index (χ4n) is 6.57. The quantitative estimate of drug-likeness (QED) is 0.447. The molecule has 2 saturated carbocycles. The molecule has 2 aliphatic carbocycles. The number of benzene rings is 3. The zero-order valence-corrected chi connectivity index (χ0v) is 19.3. The Morgan fingerprint density at radius 2 is 1.85 bits per heavy atom. The van der Waals surface area contributed by atoms with Crippen LogP contribution in [-0.2, 0) is 0 Å². The van der Waals surface area contributed by atoms with Crippen LogP contribution in [0.25, 0.3) is 0 Å². The van der Waals surface area contributed by atoms with Gasteiger partial charge in [-0.15, -0.1) is 0 Å². The SMILES string of the molecule is COc1ccc(NC(=O)c2ccc3c(c2)[C@@H]2[C@H]4CC[C@@H](C4)[C@H]2[C@H](c2ccccc2)N3)cc1Cl. The van der Waals surface area contributed by atoms with Crippen LogP contribution in [0.5, 0.6) is 5.75 Å². The van der Waals surface area contributed by atoms with Crippen molar-refractivity contribution in [3.63, 3.8) is 0 Å². The van der Waals surface area contributed by atoms with Gasteiger partial charge < -0.3 is 15.4 Å². The highest BCUT2D eigenvalue weighted by atomic mass is 35.5. The van der Waals surface area contributed by atoms with Crippen molar-refractivity contribution >= 4 is 28.9 Å². The molecule has 1 heterocycles. The Bertz CT molecular complexity index is 1210. The third kappa shape index (κ3) is 3.48. The van der Waals surface area contributed by atoms with Gasteiger partial charge in [0.25, 0.3) is 5.91 Å². The summed E-state index contributed by atoms with van der Waals surface area (Å²) in [6, 6.07) is 22.6. The lowest BCUT2D eigenvalue weighted by Gasteiger charge is -2.43. The highest BCUT2D eigenvalue weighted by Gasteiger charge is 2.53. The second-order valence-corrected chi connectivity index (χ2v) is 9.98. The fraction of sp³-hybridized carbons (Fsp3) is 0.321. The lowest BCUT2D eigenvalue weighted by molar-refractivity contribution is 0.102. The molecule has 3 aromatic carbocycles. The normalized spacial score (nSPS) is 26.8. The summed E-state index contributed by atoms with van der Waals surface area (Å²) in [4.78, 5) is 13.1. The van der Waals surface area contributed by atoms with Gasteiger partial charge in [-0.1, -0.05) is 41.9 Å². The van der Waals surface area contributed by atoms with Crippen molar-refractivity contribution < 1.29 is 9.53 Å². The Labute approximate surface area is 199 Å². The van der Waals surface area contributed by atoms with E-state index in [2.05, 4.69) is 53.1 Å². The molecule has 0 unspecified atom stereocenters. The summed E-state index contributed by atoms with van der Waals surface area (Å²) in [5, 5.41) is 7.30. The van der Waals surface area contributed by atoms with Crippen molar-refractivity contribution in [3.05, 3.63) is 88.4 Å². The summed E-state index contributed by atoms with van der Waals surface area (Å²) >= 11 is 6.23. The van der Waals surface area contributed by atoms with E-state index in [1.165, 1.54) is 36.1 Å². The van der Waals surface area contributed by atoms with Gasteiger partial charge in [0.15, 0.2) is 0 Å². The van der Waals surface area contributed by atoms with Gasteiger partial charge in [0, 0.05) is 16.9 Å². The van der Waals surface area contributed by atoms with Gasteiger partial charge in [0.05, 0.1) is 18.2 Å². The number of anilines is 2. The number of fused-ring (bicyclic) bond motifs is 7. The van der Waals surface area contributed by atoms with Crippen molar-refractivity contribution in [3.8, 4) is 5.75 Å². The van der Waals surface area contributed by atoms with Crippen molar-refractivity contribution in [2.24, 2.45) is 17.8 Å². The Morgan fingerprint density at radius 3 is 2.64 bits per heavy atom. The minimum absolute atomic E-state index is 0.121. The van der Waals surface area contributed by atoms with Crippen LogP contribution in [0.4, 0.5) is 11.4 Å². The maximum Gasteiger partial charge on any atom is 0.255 e. The summed E-state index contributed by atoms with van der Waals surface area (Å²) in [6.45, 7) is 0. The highest BCUT2D eigenvalue weighted by molar-refractivity contribution is 6.32. The molecule has 2 N–H and O–H groups in total. The topological polar surface area (TPSA) is 50.4 Å². The number of carbonyl (C=O) groups is 1. The van der Waals surface area contributed by atoms with Gasteiger partial charge in [-0.25, -0.2) is 0 Å². The van der Waals surface area contributed by atoms with E-state index in [0.717, 1.165) is 5.92 Å². The van der Waals surface area contributed by atoms with Crippen LogP contribution in [0.1, 0.15) is 52.7 Å². The van der Waals surface area contributed by atoms with Crippen LogP contribution in [0.2, 0.25) is 5.02 Å². The second kappa shape index (κ2) is 8.11. The Kier molecular flexibility index (Phi) is 5.06. The minimum atomic E-state index is -0.121. The molecule has 1 aliphatic heterocycles. The second-order valence-electron chi connectivity index (χ2n) is 9.57. The number of carbonyl (C=O) groups excluding carboxylic acids is 1. The lowest BCUT2D eigenvalue weighted by atomic mass is 9.68. The molecule has 5 heteroatoms. The first-order valence-electron chi connectivity index (χ1n) is 11.7. The molecule has 1 amide bonds. The average molecular weight is 459 g/mol. The summed E-state index contributed by atoms with van der Waals surface area (Å²) in [5.74, 6) is 3.02. The number of methoxy groups -OCH3 is 1. The van der Waals surface area contributed by atoms with Gasteiger partial charge in [-0.3, -0.25) is 4.79 Å². The average Bonchev–Trinajstić information content (AvgIpc) is 3.47. The molecular weight excluding hydrogens is 432 g/mol. The summed E-state index contributed by atoms with van der Waals surface area (Å²) in [7, 11) is 1.58. The molecule has 0 radical (unpaired) electrons. The summed E-state index contributed by atoms with van der Waals surface area (Å²) < 4.78 is 5.21. The smallest absolute Gasteiger partial charge is 0.255 e. The highest BCUT2D eigenvalue weighted by Crippen LogP contribution is 2.63. The van der Waals surface area contributed by atoms with Crippen LogP contribution >= 0.6 is 11.6 Å². The molecule has 0 aromatic heterocycles. The molecule has 0 saturated heterocycles. The first-order valence-corrected chi connectivity index (χ1v) is 12.1. The molecule has 2 bridgehead atoms. The van der Waals surface area contributed by atoms with Crippen molar-refractivity contribution in [2.45, 2.75) is 31.2 Å². The number of ether oxygens (including phenoxy) is 1. The van der Waals surface area contributed by atoms with Crippen LogP contribution in [0, 0.1) is 17.8 Å². The Hall–Kier alpha value is -2.98. The Balaban J connectivity index is 1.32. The minimum Gasteiger partial charge on any atom is -0.495 e. The first kappa shape index (κ1) is 20.6. The zero-order chi connectivity index (χ0) is 22.5. The van der Waals surface area contributed by atoms with Gasteiger partial charge in [0.2, 0.25) is 0 Å². The van der Waals surface area contributed by atoms with E-state index in [1.54, 1.807) is 25.3 Å².